The number of hydrogen-bond donors (Lipinski definition) is 2. The molecule has 1 aliphatic rings. The van der Waals surface area contributed by atoms with Crippen LogP contribution in [0.4, 0.5) is 4.39 Å². The molecule has 2 N–H and O–H groups in total. The highest BCUT2D eigenvalue weighted by molar-refractivity contribution is 6.31. The Labute approximate surface area is 91.8 Å². The fraction of sp³-hybridized carbons (Fsp3) is 0.400. The molecule has 2 rings (SSSR count). The van der Waals surface area contributed by atoms with E-state index in [1.165, 1.54) is 6.07 Å². The van der Waals surface area contributed by atoms with Crippen molar-refractivity contribution in [2.75, 3.05) is 19.7 Å². The second kappa shape index (κ2) is 4.35. The van der Waals surface area contributed by atoms with Gasteiger partial charge in [0.25, 0.3) is 0 Å². The fourth-order valence-corrected chi connectivity index (χ4v) is 1.95. The highest BCUT2D eigenvalue weighted by Crippen LogP contribution is 2.32. The molecular weight excluding hydrogens is 221 g/mol. The molecule has 0 radical (unpaired) electrons. The summed E-state index contributed by atoms with van der Waals surface area (Å²) in [6.45, 7) is 1.82. The molecule has 82 valence electrons. The molecule has 1 atom stereocenters. The lowest BCUT2D eigenvalue weighted by molar-refractivity contribution is 0.0256. The van der Waals surface area contributed by atoms with Crippen molar-refractivity contribution in [1.82, 2.24) is 5.32 Å². The molecule has 0 aliphatic carbocycles. The molecule has 1 unspecified atom stereocenters. The van der Waals surface area contributed by atoms with E-state index in [4.69, 9.17) is 21.4 Å². The Morgan fingerprint density at radius 2 is 2.33 bits per heavy atom. The number of benzene rings is 1. The van der Waals surface area contributed by atoms with E-state index in [9.17, 15) is 4.39 Å². The second-order valence-electron chi connectivity index (χ2n) is 3.39. The number of hydrogen-bond acceptors (Lipinski definition) is 3. The van der Waals surface area contributed by atoms with E-state index in [-0.39, 0.29) is 16.9 Å². The van der Waals surface area contributed by atoms with Crippen LogP contribution in [0.15, 0.2) is 12.1 Å². The first-order chi connectivity index (χ1) is 7.18. The van der Waals surface area contributed by atoms with Gasteiger partial charge >= 0.3 is 0 Å². The lowest BCUT2D eigenvalue weighted by Crippen LogP contribution is -2.33. The quantitative estimate of drug-likeness (QED) is 0.775. The largest absolute Gasteiger partial charge is 0.508 e. The predicted octanol–water partition coefficient (Wildman–Crippen LogP) is 1.85. The third kappa shape index (κ3) is 2.22. The van der Waals surface area contributed by atoms with Crippen molar-refractivity contribution in [3.05, 3.63) is 28.5 Å². The van der Waals surface area contributed by atoms with E-state index in [0.29, 0.717) is 18.7 Å². The zero-order chi connectivity index (χ0) is 10.8. The highest BCUT2D eigenvalue weighted by atomic mass is 35.5. The maximum Gasteiger partial charge on any atom is 0.134 e. The number of morpholine rings is 1. The van der Waals surface area contributed by atoms with Crippen LogP contribution in [-0.2, 0) is 4.74 Å². The first-order valence-corrected chi connectivity index (χ1v) is 5.06. The van der Waals surface area contributed by atoms with Crippen molar-refractivity contribution in [2.45, 2.75) is 6.10 Å². The normalized spacial score (nSPS) is 21.6. The van der Waals surface area contributed by atoms with Crippen molar-refractivity contribution in [1.29, 1.82) is 0 Å². The Morgan fingerprint density at radius 1 is 1.53 bits per heavy atom. The summed E-state index contributed by atoms with van der Waals surface area (Å²) >= 11 is 5.86. The van der Waals surface area contributed by atoms with Gasteiger partial charge in [-0.1, -0.05) is 11.6 Å². The van der Waals surface area contributed by atoms with Crippen molar-refractivity contribution in [3.63, 3.8) is 0 Å². The second-order valence-corrected chi connectivity index (χ2v) is 3.79. The van der Waals surface area contributed by atoms with Crippen LogP contribution in [-0.4, -0.2) is 24.8 Å². The van der Waals surface area contributed by atoms with E-state index >= 15 is 0 Å². The average Bonchev–Trinajstić information content (AvgIpc) is 2.17. The zero-order valence-corrected chi connectivity index (χ0v) is 8.72. The molecule has 0 amide bonds. The molecule has 1 aliphatic heterocycles. The van der Waals surface area contributed by atoms with E-state index in [1.54, 1.807) is 0 Å². The third-order valence-corrected chi connectivity index (χ3v) is 2.63. The third-order valence-electron chi connectivity index (χ3n) is 2.31. The monoisotopic (exact) mass is 231 g/mol. The van der Waals surface area contributed by atoms with Gasteiger partial charge in [0.1, 0.15) is 11.6 Å². The van der Waals surface area contributed by atoms with E-state index in [1.807, 2.05) is 0 Å². The molecule has 5 heteroatoms. The van der Waals surface area contributed by atoms with Gasteiger partial charge in [0.2, 0.25) is 0 Å². The van der Waals surface area contributed by atoms with Gasteiger partial charge in [-0.05, 0) is 6.07 Å². The van der Waals surface area contributed by atoms with Gasteiger partial charge in [-0.25, -0.2) is 4.39 Å². The van der Waals surface area contributed by atoms with Crippen molar-refractivity contribution in [3.8, 4) is 5.75 Å². The molecule has 1 aromatic carbocycles. The average molecular weight is 232 g/mol. The van der Waals surface area contributed by atoms with Gasteiger partial charge < -0.3 is 15.2 Å². The summed E-state index contributed by atoms with van der Waals surface area (Å²) < 4.78 is 18.9. The molecule has 1 saturated heterocycles. The predicted molar refractivity (Wildman–Crippen MR) is 54.6 cm³/mol. The van der Waals surface area contributed by atoms with E-state index < -0.39 is 5.82 Å². The standard InChI is InChI=1S/C10H11ClFNO2/c11-7-3-6(14)4-8(12)10(7)9-5-13-1-2-15-9/h3-4,9,13-14H,1-2,5H2. The van der Waals surface area contributed by atoms with E-state index in [0.717, 1.165) is 12.6 Å². The molecule has 0 saturated carbocycles. The number of halogens is 2. The Balaban J connectivity index is 2.33. The Morgan fingerprint density at radius 3 is 2.93 bits per heavy atom. The molecular formula is C10H11ClFNO2. The summed E-state index contributed by atoms with van der Waals surface area (Å²) in [5, 5.41) is 12.4. The number of rotatable bonds is 1. The first kappa shape index (κ1) is 10.7. The smallest absolute Gasteiger partial charge is 0.134 e. The Hall–Kier alpha value is -0.840. The van der Waals surface area contributed by atoms with Crippen LogP contribution in [0.5, 0.6) is 5.75 Å². The first-order valence-electron chi connectivity index (χ1n) is 4.68. The minimum atomic E-state index is -0.534. The Bertz CT molecular complexity index is 343. The number of ether oxygens (including phenoxy) is 1. The van der Waals surface area contributed by atoms with Crippen LogP contribution in [0.1, 0.15) is 11.7 Å². The number of aromatic hydroxyl groups is 1. The van der Waals surface area contributed by atoms with Gasteiger partial charge in [-0.3, -0.25) is 0 Å². The van der Waals surface area contributed by atoms with Gasteiger partial charge in [0, 0.05) is 24.7 Å². The summed E-state index contributed by atoms with van der Waals surface area (Å²) in [7, 11) is 0. The van der Waals surface area contributed by atoms with Gasteiger partial charge in [0.05, 0.1) is 17.7 Å². The van der Waals surface area contributed by atoms with Crippen LogP contribution < -0.4 is 5.32 Å². The van der Waals surface area contributed by atoms with Gasteiger partial charge in [0.15, 0.2) is 0 Å². The summed E-state index contributed by atoms with van der Waals surface area (Å²) in [6.07, 6.45) is -0.383. The highest BCUT2D eigenvalue weighted by Gasteiger charge is 2.22. The number of phenolic OH excluding ortho intramolecular Hbond substituents is 1. The summed E-state index contributed by atoms with van der Waals surface area (Å²) in [6, 6.07) is 2.36. The summed E-state index contributed by atoms with van der Waals surface area (Å²) in [4.78, 5) is 0. The summed E-state index contributed by atoms with van der Waals surface area (Å²) in [5.74, 6) is -0.710. The van der Waals surface area contributed by atoms with Crippen LogP contribution in [0.3, 0.4) is 0 Å². The molecule has 1 heterocycles. The fourth-order valence-electron chi connectivity index (χ4n) is 1.63. The molecule has 1 aromatic rings. The van der Waals surface area contributed by atoms with Crippen molar-refractivity contribution < 1.29 is 14.2 Å². The minimum Gasteiger partial charge on any atom is -0.508 e. The molecule has 3 nitrogen and oxygen atoms in total. The van der Waals surface area contributed by atoms with E-state index in [2.05, 4.69) is 5.32 Å². The number of phenols is 1. The molecule has 0 aromatic heterocycles. The lowest BCUT2D eigenvalue weighted by atomic mass is 10.1. The van der Waals surface area contributed by atoms with Gasteiger partial charge in [-0.2, -0.15) is 0 Å². The minimum absolute atomic E-state index is 0.176. The topological polar surface area (TPSA) is 41.5 Å². The van der Waals surface area contributed by atoms with Gasteiger partial charge in [-0.15, -0.1) is 0 Å². The molecule has 0 spiro atoms. The van der Waals surface area contributed by atoms with Crippen molar-refractivity contribution in [2.24, 2.45) is 0 Å². The maximum atomic E-state index is 13.5. The molecule has 1 fully saturated rings. The van der Waals surface area contributed by atoms with Crippen molar-refractivity contribution >= 4 is 11.6 Å². The van der Waals surface area contributed by atoms with Crippen LogP contribution >= 0.6 is 11.6 Å². The van der Waals surface area contributed by atoms with Crippen LogP contribution in [0.25, 0.3) is 0 Å². The van der Waals surface area contributed by atoms with Crippen LogP contribution in [0, 0.1) is 5.82 Å². The van der Waals surface area contributed by atoms with Crippen LogP contribution in [0.2, 0.25) is 5.02 Å². The number of nitrogens with one attached hydrogen (secondary N) is 1. The molecule has 15 heavy (non-hydrogen) atoms. The summed E-state index contributed by atoms with van der Waals surface area (Å²) in [5.41, 5.74) is 0.307. The maximum absolute atomic E-state index is 13.5. The SMILES string of the molecule is Oc1cc(F)c(C2CNCCO2)c(Cl)c1. The lowest BCUT2D eigenvalue weighted by Gasteiger charge is -2.25. The Kier molecular flexibility index (Phi) is 3.09. The zero-order valence-electron chi connectivity index (χ0n) is 7.96. The molecule has 0 bridgehead atoms.